The molecule has 3 aromatic rings. The quantitative estimate of drug-likeness (QED) is 0.589. The van der Waals surface area contributed by atoms with Crippen LogP contribution in [0, 0.1) is 5.41 Å². The van der Waals surface area contributed by atoms with E-state index in [2.05, 4.69) is 34.1 Å². The Hall–Kier alpha value is -3.38. The fourth-order valence-corrected chi connectivity index (χ4v) is 4.50. The molecule has 1 aromatic heterocycles. The number of aromatic nitrogens is 1. The molecule has 166 valence electrons. The van der Waals surface area contributed by atoms with Crippen molar-refractivity contribution in [3.8, 4) is 22.6 Å². The molecule has 4 rings (SSSR count). The lowest BCUT2D eigenvalue weighted by molar-refractivity contribution is -0.127. The average Bonchev–Trinajstić information content (AvgIpc) is 3.23. The third-order valence-corrected chi connectivity index (χ3v) is 6.30. The van der Waals surface area contributed by atoms with E-state index in [0.29, 0.717) is 24.5 Å². The third kappa shape index (κ3) is 4.60. The van der Waals surface area contributed by atoms with Gasteiger partial charge in [0.1, 0.15) is 0 Å². The van der Waals surface area contributed by atoms with E-state index in [1.807, 2.05) is 36.5 Å². The van der Waals surface area contributed by atoms with Crippen LogP contribution in [-0.2, 0) is 17.8 Å². The molecule has 1 saturated heterocycles. The number of primary amides is 1. The van der Waals surface area contributed by atoms with Gasteiger partial charge in [-0.2, -0.15) is 0 Å². The molecule has 1 aliphatic rings. The summed E-state index contributed by atoms with van der Waals surface area (Å²) in [5.41, 5.74) is 9.78. The Morgan fingerprint density at radius 1 is 1.03 bits per heavy atom. The number of amides is 1. The summed E-state index contributed by atoms with van der Waals surface area (Å²) in [5, 5.41) is 0. The van der Waals surface area contributed by atoms with Gasteiger partial charge < -0.3 is 15.2 Å². The minimum atomic E-state index is -0.563. The fraction of sp³-hybridized carbons (Fsp3) is 0.308. The molecule has 0 saturated carbocycles. The van der Waals surface area contributed by atoms with Gasteiger partial charge in [0.05, 0.1) is 19.6 Å². The molecule has 0 radical (unpaired) electrons. The number of likely N-dealkylation sites (tertiary alicyclic amines) is 1. The second-order valence-electron chi connectivity index (χ2n) is 8.41. The molecule has 2 heterocycles. The van der Waals surface area contributed by atoms with E-state index in [9.17, 15) is 4.79 Å². The highest BCUT2D eigenvalue weighted by Crippen LogP contribution is 2.36. The van der Waals surface area contributed by atoms with Gasteiger partial charge in [0, 0.05) is 25.5 Å². The summed E-state index contributed by atoms with van der Waals surface area (Å²) in [6.07, 6.45) is 5.00. The standard InChI is InChI=1S/C26H29N3O3/c1-31-23-10-7-20(14-24(23)32-2)17-29-13-11-26(18-29,25(27)30)15-19-5-8-21(9-6-19)22-4-3-12-28-16-22/h3-10,12,14,16H,11,13,15,17-18H2,1-2H3,(H2,27,30). The Labute approximate surface area is 189 Å². The zero-order chi connectivity index (χ0) is 22.6. The zero-order valence-electron chi connectivity index (χ0n) is 18.6. The number of carbonyl (C=O) groups excluding carboxylic acids is 1. The zero-order valence-corrected chi connectivity index (χ0v) is 18.6. The van der Waals surface area contributed by atoms with Gasteiger partial charge >= 0.3 is 0 Å². The molecule has 1 unspecified atom stereocenters. The van der Waals surface area contributed by atoms with Crippen LogP contribution in [0.4, 0.5) is 0 Å². The molecule has 1 fully saturated rings. The van der Waals surface area contributed by atoms with Gasteiger partial charge in [-0.3, -0.25) is 14.7 Å². The molecular weight excluding hydrogens is 402 g/mol. The minimum absolute atomic E-state index is 0.233. The van der Waals surface area contributed by atoms with Crippen LogP contribution >= 0.6 is 0 Å². The highest BCUT2D eigenvalue weighted by molar-refractivity contribution is 5.82. The van der Waals surface area contributed by atoms with Gasteiger partial charge in [0.25, 0.3) is 0 Å². The number of nitrogens with two attached hydrogens (primary N) is 1. The van der Waals surface area contributed by atoms with Gasteiger partial charge in [-0.1, -0.05) is 36.4 Å². The number of rotatable bonds is 8. The topological polar surface area (TPSA) is 77.7 Å². The first-order valence-electron chi connectivity index (χ1n) is 10.8. The Morgan fingerprint density at radius 2 is 1.78 bits per heavy atom. The van der Waals surface area contributed by atoms with Crippen LogP contribution in [0.3, 0.4) is 0 Å². The van der Waals surface area contributed by atoms with E-state index in [1.165, 1.54) is 0 Å². The van der Waals surface area contributed by atoms with Gasteiger partial charge in [-0.15, -0.1) is 0 Å². The van der Waals surface area contributed by atoms with Crippen molar-refractivity contribution in [3.63, 3.8) is 0 Å². The van der Waals surface area contributed by atoms with E-state index in [-0.39, 0.29) is 5.91 Å². The lowest BCUT2D eigenvalue weighted by Crippen LogP contribution is -2.41. The SMILES string of the molecule is COc1ccc(CN2CCC(Cc3ccc(-c4cccnc4)cc3)(C(N)=O)C2)cc1OC. The van der Waals surface area contributed by atoms with E-state index in [1.54, 1.807) is 20.4 Å². The summed E-state index contributed by atoms with van der Waals surface area (Å²) in [6.45, 7) is 2.20. The number of benzene rings is 2. The Kier molecular flexibility index (Phi) is 6.42. The molecule has 0 spiro atoms. The number of methoxy groups -OCH3 is 2. The maximum absolute atomic E-state index is 12.5. The van der Waals surface area contributed by atoms with Crippen molar-refractivity contribution in [1.82, 2.24) is 9.88 Å². The number of hydrogen-bond donors (Lipinski definition) is 1. The van der Waals surface area contributed by atoms with Crippen LogP contribution in [0.1, 0.15) is 17.5 Å². The van der Waals surface area contributed by atoms with Crippen LogP contribution in [0.25, 0.3) is 11.1 Å². The van der Waals surface area contributed by atoms with Crippen LogP contribution in [0.5, 0.6) is 11.5 Å². The Morgan fingerprint density at radius 3 is 2.44 bits per heavy atom. The third-order valence-electron chi connectivity index (χ3n) is 6.30. The normalized spacial score (nSPS) is 18.4. The molecule has 2 aromatic carbocycles. The summed E-state index contributed by atoms with van der Waals surface area (Å²) >= 11 is 0. The van der Waals surface area contributed by atoms with Gasteiger partial charge in [-0.05, 0) is 59.8 Å². The van der Waals surface area contributed by atoms with Gasteiger partial charge in [0.15, 0.2) is 11.5 Å². The van der Waals surface area contributed by atoms with Gasteiger partial charge in [0.2, 0.25) is 5.91 Å². The van der Waals surface area contributed by atoms with Crippen molar-refractivity contribution >= 4 is 5.91 Å². The van der Waals surface area contributed by atoms with Crippen molar-refractivity contribution in [3.05, 3.63) is 78.1 Å². The highest BCUT2D eigenvalue weighted by Gasteiger charge is 2.43. The summed E-state index contributed by atoms with van der Waals surface area (Å²) < 4.78 is 10.7. The summed E-state index contributed by atoms with van der Waals surface area (Å²) in [5.74, 6) is 1.18. The summed E-state index contributed by atoms with van der Waals surface area (Å²) in [6, 6.07) is 18.2. The summed E-state index contributed by atoms with van der Waals surface area (Å²) in [4.78, 5) is 19.0. The molecule has 0 bridgehead atoms. The van der Waals surface area contributed by atoms with Crippen molar-refractivity contribution in [2.45, 2.75) is 19.4 Å². The van der Waals surface area contributed by atoms with Crippen molar-refractivity contribution in [2.24, 2.45) is 11.1 Å². The smallest absolute Gasteiger partial charge is 0.225 e. The average molecular weight is 432 g/mol. The molecule has 6 nitrogen and oxygen atoms in total. The second-order valence-corrected chi connectivity index (χ2v) is 8.41. The molecular formula is C26H29N3O3. The molecule has 32 heavy (non-hydrogen) atoms. The van der Waals surface area contributed by atoms with E-state index >= 15 is 0 Å². The molecule has 1 atom stereocenters. The van der Waals surface area contributed by atoms with Crippen LogP contribution in [0.15, 0.2) is 67.0 Å². The molecule has 2 N–H and O–H groups in total. The monoisotopic (exact) mass is 431 g/mol. The van der Waals surface area contributed by atoms with Gasteiger partial charge in [-0.25, -0.2) is 0 Å². The van der Waals surface area contributed by atoms with Crippen LogP contribution in [0.2, 0.25) is 0 Å². The van der Waals surface area contributed by atoms with E-state index in [0.717, 1.165) is 41.8 Å². The van der Waals surface area contributed by atoms with Crippen molar-refractivity contribution in [1.29, 1.82) is 0 Å². The molecule has 1 aliphatic heterocycles. The van der Waals surface area contributed by atoms with Crippen molar-refractivity contribution in [2.75, 3.05) is 27.3 Å². The first-order chi connectivity index (χ1) is 15.5. The Balaban J connectivity index is 1.46. The maximum Gasteiger partial charge on any atom is 0.225 e. The van der Waals surface area contributed by atoms with E-state index < -0.39 is 5.41 Å². The fourth-order valence-electron chi connectivity index (χ4n) is 4.50. The molecule has 1 amide bonds. The predicted molar refractivity (Wildman–Crippen MR) is 124 cm³/mol. The lowest BCUT2D eigenvalue weighted by Gasteiger charge is -2.26. The number of carbonyl (C=O) groups is 1. The first-order valence-corrected chi connectivity index (χ1v) is 10.8. The molecule has 0 aliphatic carbocycles. The predicted octanol–water partition coefficient (Wildman–Crippen LogP) is 3.69. The molecule has 6 heteroatoms. The van der Waals surface area contributed by atoms with Crippen molar-refractivity contribution < 1.29 is 14.3 Å². The second kappa shape index (κ2) is 9.40. The lowest BCUT2D eigenvalue weighted by atomic mass is 9.80. The maximum atomic E-state index is 12.5. The number of pyridine rings is 1. The number of ether oxygens (including phenoxy) is 2. The largest absolute Gasteiger partial charge is 0.493 e. The van der Waals surface area contributed by atoms with Crippen LogP contribution < -0.4 is 15.2 Å². The number of hydrogen-bond acceptors (Lipinski definition) is 5. The minimum Gasteiger partial charge on any atom is -0.493 e. The summed E-state index contributed by atoms with van der Waals surface area (Å²) in [7, 11) is 3.26. The number of nitrogens with zero attached hydrogens (tertiary/aromatic N) is 2. The van der Waals surface area contributed by atoms with Crippen LogP contribution in [-0.4, -0.2) is 43.1 Å². The van der Waals surface area contributed by atoms with E-state index in [4.69, 9.17) is 15.2 Å². The highest BCUT2D eigenvalue weighted by atomic mass is 16.5. The Bertz CT molecular complexity index is 1070. The first kappa shape index (κ1) is 21.8.